The number of ether oxygens (including phenoxy) is 1. The number of amides is 2. The van der Waals surface area contributed by atoms with Crippen LogP contribution in [-0.4, -0.2) is 61.9 Å². The molecule has 34 heavy (non-hydrogen) atoms. The first kappa shape index (κ1) is 22.0. The molecule has 10 heteroatoms. The van der Waals surface area contributed by atoms with E-state index in [1.807, 2.05) is 36.4 Å². The molecule has 174 valence electrons. The number of benzene rings is 2. The number of aromatic nitrogens is 2. The van der Waals surface area contributed by atoms with Gasteiger partial charge < -0.3 is 14.7 Å². The maximum atomic E-state index is 12.8. The smallest absolute Gasteiger partial charge is 0.412 e. The van der Waals surface area contributed by atoms with Gasteiger partial charge in [0, 0.05) is 17.7 Å². The van der Waals surface area contributed by atoms with Gasteiger partial charge >= 0.3 is 12.1 Å². The normalized spacial score (nSPS) is 18.9. The Kier molecular flexibility index (Phi) is 5.74. The number of aliphatic carboxylic acids is 1. The Labute approximate surface area is 199 Å². The monoisotopic (exact) mass is 478 g/mol. The maximum absolute atomic E-state index is 12.8. The van der Waals surface area contributed by atoms with Crippen molar-refractivity contribution in [2.45, 2.75) is 24.3 Å². The zero-order chi connectivity index (χ0) is 23.8. The molecule has 1 aliphatic heterocycles. The van der Waals surface area contributed by atoms with Crippen molar-refractivity contribution in [3.8, 4) is 11.1 Å². The van der Waals surface area contributed by atoms with Crippen LogP contribution >= 0.6 is 11.8 Å². The largest absolute Gasteiger partial charge is 0.480 e. The number of anilines is 1. The van der Waals surface area contributed by atoms with Crippen molar-refractivity contribution in [3.05, 3.63) is 71.4 Å². The molecule has 2 amide bonds. The summed E-state index contributed by atoms with van der Waals surface area (Å²) in [5.41, 5.74) is 4.58. The predicted molar refractivity (Wildman–Crippen MR) is 127 cm³/mol. The first-order chi connectivity index (χ1) is 16.4. The lowest BCUT2D eigenvalue weighted by atomic mass is 9.98. The van der Waals surface area contributed by atoms with Gasteiger partial charge in [-0.3, -0.25) is 15.2 Å². The molecule has 9 nitrogen and oxygen atoms in total. The van der Waals surface area contributed by atoms with Gasteiger partial charge in [-0.1, -0.05) is 48.5 Å². The van der Waals surface area contributed by atoms with Crippen LogP contribution in [0.25, 0.3) is 11.1 Å². The van der Waals surface area contributed by atoms with Gasteiger partial charge in [0.05, 0.1) is 5.37 Å². The predicted octanol–water partition coefficient (Wildman–Crippen LogP) is 3.76. The zero-order valence-electron chi connectivity index (χ0n) is 18.2. The van der Waals surface area contributed by atoms with E-state index in [1.54, 1.807) is 6.92 Å². The molecule has 0 saturated carbocycles. The summed E-state index contributed by atoms with van der Waals surface area (Å²) in [5.74, 6) is -1.18. The summed E-state index contributed by atoms with van der Waals surface area (Å²) >= 11 is 1.39. The van der Waals surface area contributed by atoms with Crippen molar-refractivity contribution >= 4 is 35.5 Å². The molecule has 1 aromatic heterocycles. The number of thioether (sulfide) groups is 1. The van der Waals surface area contributed by atoms with Crippen molar-refractivity contribution in [1.82, 2.24) is 15.1 Å². The number of carbonyl (C=O) groups is 3. The molecule has 0 bridgehead atoms. The van der Waals surface area contributed by atoms with E-state index in [2.05, 4.69) is 27.6 Å². The van der Waals surface area contributed by atoms with Crippen LogP contribution in [0, 0.1) is 0 Å². The summed E-state index contributed by atoms with van der Waals surface area (Å²) in [6.07, 6.45) is -0.694. The van der Waals surface area contributed by atoms with Crippen LogP contribution in [0.2, 0.25) is 0 Å². The quantitative estimate of drug-likeness (QED) is 0.510. The molecule has 0 radical (unpaired) electrons. The van der Waals surface area contributed by atoms with Crippen LogP contribution in [0.4, 0.5) is 10.6 Å². The highest BCUT2D eigenvalue weighted by Gasteiger charge is 2.40. The lowest BCUT2D eigenvalue weighted by molar-refractivity contribution is -0.141. The molecule has 2 aromatic carbocycles. The van der Waals surface area contributed by atoms with Gasteiger partial charge in [-0.05, 0) is 29.2 Å². The van der Waals surface area contributed by atoms with Crippen LogP contribution in [-0.2, 0) is 9.53 Å². The van der Waals surface area contributed by atoms with Gasteiger partial charge in [0.25, 0.3) is 5.91 Å². The Balaban J connectivity index is 1.24. The van der Waals surface area contributed by atoms with Gasteiger partial charge in [-0.15, -0.1) is 11.8 Å². The molecule has 2 heterocycles. The third-order valence-electron chi connectivity index (χ3n) is 6.12. The van der Waals surface area contributed by atoms with E-state index in [0.717, 1.165) is 22.3 Å². The van der Waals surface area contributed by atoms with Crippen molar-refractivity contribution in [3.63, 3.8) is 0 Å². The van der Waals surface area contributed by atoms with Crippen LogP contribution in [0.1, 0.15) is 34.5 Å². The van der Waals surface area contributed by atoms with Crippen LogP contribution in [0.3, 0.4) is 0 Å². The van der Waals surface area contributed by atoms with Crippen LogP contribution in [0.5, 0.6) is 0 Å². The molecule has 1 saturated heterocycles. The van der Waals surface area contributed by atoms with Crippen molar-refractivity contribution in [2.24, 2.45) is 0 Å². The van der Waals surface area contributed by atoms with Crippen molar-refractivity contribution in [2.75, 3.05) is 17.7 Å². The average molecular weight is 479 g/mol. The Bertz CT molecular complexity index is 1230. The topological polar surface area (TPSA) is 125 Å². The Morgan fingerprint density at radius 1 is 1.15 bits per heavy atom. The van der Waals surface area contributed by atoms with E-state index in [-0.39, 0.29) is 29.4 Å². The minimum absolute atomic E-state index is 0.0726. The second-order valence-electron chi connectivity index (χ2n) is 8.12. The fourth-order valence-corrected chi connectivity index (χ4v) is 5.68. The molecule has 1 fully saturated rings. The average Bonchev–Trinajstić information content (AvgIpc) is 3.53. The molecular weight excluding hydrogens is 456 g/mol. The maximum Gasteiger partial charge on any atom is 0.412 e. The number of carboxylic acids is 1. The summed E-state index contributed by atoms with van der Waals surface area (Å²) in [7, 11) is 0. The molecule has 5 rings (SSSR count). The number of fused-ring (bicyclic) bond motifs is 3. The minimum Gasteiger partial charge on any atom is -0.480 e. The second kappa shape index (κ2) is 8.86. The molecular formula is C24H22N4O5S. The van der Waals surface area contributed by atoms with E-state index in [1.165, 1.54) is 22.7 Å². The standard InChI is InChI=1S/C24H22N4O5S/c1-13-28(20(12-34-13)23(30)31)22(29)19-10-21(27-26-19)25-24(32)33-11-18-16-8-4-2-6-14(16)15-7-3-5-9-17(15)18/h2-10,13,18,20H,11-12H2,1H3,(H,30,31)(H2,25,26,27,32). The molecule has 3 N–H and O–H groups in total. The number of aromatic amines is 1. The van der Waals surface area contributed by atoms with Gasteiger partial charge in [-0.25, -0.2) is 9.59 Å². The molecule has 2 aliphatic rings. The number of H-pyrrole nitrogens is 1. The number of hydrogen-bond donors (Lipinski definition) is 3. The summed E-state index contributed by atoms with van der Waals surface area (Å²) < 4.78 is 5.50. The third-order valence-corrected chi connectivity index (χ3v) is 7.34. The Hall–Kier alpha value is -3.79. The van der Waals surface area contributed by atoms with Gasteiger partial charge in [0.1, 0.15) is 18.3 Å². The molecule has 0 spiro atoms. The van der Waals surface area contributed by atoms with E-state index < -0.39 is 24.0 Å². The van der Waals surface area contributed by atoms with Gasteiger partial charge in [0.15, 0.2) is 5.82 Å². The summed E-state index contributed by atoms with van der Waals surface area (Å²) in [5, 5.41) is 18.2. The first-order valence-corrected chi connectivity index (χ1v) is 11.8. The SMILES string of the molecule is CC1SCC(C(=O)O)N1C(=O)c1cc(NC(=O)OCC2c3ccccc3-c3ccccc32)n[nH]1. The van der Waals surface area contributed by atoms with Crippen molar-refractivity contribution in [1.29, 1.82) is 0 Å². The Morgan fingerprint density at radius 3 is 2.44 bits per heavy atom. The van der Waals surface area contributed by atoms with Crippen molar-refractivity contribution < 1.29 is 24.2 Å². The summed E-state index contributed by atoms with van der Waals surface area (Å²) in [6.45, 7) is 1.93. The molecule has 2 unspecified atom stereocenters. The fourth-order valence-electron chi connectivity index (χ4n) is 4.51. The summed E-state index contributed by atoms with van der Waals surface area (Å²) in [6, 6.07) is 16.6. The lowest BCUT2D eigenvalue weighted by Crippen LogP contribution is -2.44. The number of rotatable bonds is 5. The van der Waals surface area contributed by atoms with Crippen LogP contribution in [0.15, 0.2) is 54.6 Å². The minimum atomic E-state index is -1.05. The molecule has 2 atom stereocenters. The number of carbonyl (C=O) groups excluding carboxylic acids is 2. The highest BCUT2D eigenvalue weighted by atomic mass is 32.2. The summed E-state index contributed by atoms with van der Waals surface area (Å²) in [4.78, 5) is 38.1. The van der Waals surface area contributed by atoms with Crippen LogP contribution < -0.4 is 5.32 Å². The highest BCUT2D eigenvalue weighted by Crippen LogP contribution is 2.44. The lowest BCUT2D eigenvalue weighted by Gasteiger charge is -2.24. The number of hydrogen-bond acceptors (Lipinski definition) is 6. The highest BCUT2D eigenvalue weighted by molar-refractivity contribution is 8.00. The van der Waals surface area contributed by atoms with E-state index >= 15 is 0 Å². The Morgan fingerprint density at radius 2 is 1.79 bits per heavy atom. The van der Waals surface area contributed by atoms with Gasteiger partial charge in [0.2, 0.25) is 0 Å². The molecule has 3 aromatic rings. The second-order valence-corrected chi connectivity index (χ2v) is 9.47. The fraction of sp³-hybridized carbons (Fsp3) is 0.250. The zero-order valence-corrected chi connectivity index (χ0v) is 19.0. The third kappa shape index (κ3) is 3.90. The first-order valence-electron chi connectivity index (χ1n) is 10.8. The molecule has 1 aliphatic carbocycles. The van der Waals surface area contributed by atoms with Gasteiger partial charge in [-0.2, -0.15) is 5.10 Å². The number of nitrogens with one attached hydrogen (secondary N) is 2. The van der Waals surface area contributed by atoms with E-state index in [9.17, 15) is 19.5 Å². The van der Waals surface area contributed by atoms with E-state index in [4.69, 9.17) is 4.74 Å². The van der Waals surface area contributed by atoms with E-state index in [0.29, 0.717) is 5.75 Å². The number of carboxylic acid groups (broad SMARTS) is 1. The number of nitrogens with zero attached hydrogens (tertiary/aromatic N) is 2.